The number of hydrogen-bond acceptors (Lipinski definition) is 1. The van der Waals surface area contributed by atoms with Crippen molar-refractivity contribution in [3.8, 4) is 5.69 Å². The molecule has 3 nitrogen and oxygen atoms in total. The average Bonchev–Trinajstić information content (AvgIpc) is 3.00. The summed E-state index contributed by atoms with van der Waals surface area (Å²) in [7, 11) is -6.00. The van der Waals surface area contributed by atoms with Crippen molar-refractivity contribution < 1.29 is 21.9 Å². The highest BCUT2D eigenvalue weighted by Crippen LogP contribution is 2.29. The Bertz CT molecular complexity index is 619. The van der Waals surface area contributed by atoms with Crippen LogP contribution in [0.3, 0.4) is 0 Å². The molecule has 0 radical (unpaired) electrons. The van der Waals surface area contributed by atoms with Crippen molar-refractivity contribution in [2.75, 3.05) is 0 Å². The van der Waals surface area contributed by atoms with Crippen LogP contribution in [0.4, 0.5) is 17.3 Å². The fourth-order valence-corrected chi connectivity index (χ4v) is 2.79. The molecule has 1 aliphatic heterocycles. The highest BCUT2D eigenvalue weighted by atomic mass is 19.5. The molecule has 0 bridgehead atoms. The smallest absolute Gasteiger partial charge is 0.418 e. The second-order valence-electron chi connectivity index (χ2n) is 6.04. The van der Waals surface area contributed by atoms with Gasteiger partial charge in [0.05, 0.1) is 0 Å². The third-order valence-electron chi connectivity index (χ3n) is 3.61. The summed E-state index contributed by atoms with van der Waals surface area (Å²) >= 11 is 0. The van der Waals surface area contributed by atoms with Crippen molar-refractivity contribution in [1.29, 1.82) is 0 Å². The molecular formula is C15H20BF4N3. The van der Waals surface area contributed by atoms with E-state index in [0.29, 0.717) is 6.04 Å². The SMILES string of the molecule is CC(C)C[C@H]1CCc2n[n+](-c3ccccc3)cn21.F[B-](F)(F)F. The number of halogens is 4. The van der Waals surface area contributed by atoms with Gasteiger partial charge in [0.15, 0.2) is 5.69 Å². The van der Waals surface area contributed by atoms with Gasteiger partial charge < -0.3 is 17.3 Å². The van der Waals surface area contributed by atoms with Gasteiger partial charge in [-0.1, -0.05) is 32.0 Å². The molecule has 0 unspecified atom stereocenters. The third-order valence-corrected chi connectivity index (χ3v) is 3.61. The minimum atomic E-state index is -6.00. The van der Waals surface area contributed by atoms with E-state index >= 15 is 0 Å². The number of hydrogen-bond donors (Lipinski definition) is 0. The van der Waals surface area contributed by atoms with Crippen LogP contribution in [0.1, 0.15) is 38.6 Å². The summed E-state index contributed by atoms with van der Waals surface area (Å²) in [6.45, 7) is 4.58. The van der Waals surface area contributed by atoms with Crippen LogP contribution >= 0.6 is 0 Å². The average molecular weight is 329 g/mol. The van der Waals surface area contributed by atoms with E-state index in [1.807, 2.05) is 10.7 Å². The van der Waals surface area contributed by atoms with Crippen LogP contribution in [0.25, 0.3) is 5.69 Å². The van der Waals surface area contributed by atoms with E-state index in [-0.39, 0.29) is 0 Å². The second kappa shape index (κ2) is 7.15. The third kappa shape index (κ3) is 5.37. The molecule has 2 heterocycles. The number of fused-ring (bicyclic) bond motifs is 1. The van der Waals surface area contributed by atoms with Crippen molar-refractivity contribution >= 4 is 7.25 Å². The van der Waals surface area contributed by atoms with Gasteiger partial charge in [-0.25, -0.2) is 4.57 Å². The molecule has 3 rings (SSSR count). The molecule has 0 N–H and O–H groups in total. The Hall–Kier alpha value is -1.86. The molecule has 0 spiro atoms. The molecule has 1 aliphatic rings. The molecule has 0 amide bonds. The van der Waals surface area contributed by atoms with Gasteiger partial charge >= 0.3 is 7.25 Å². The summed E-state index contributed by atoms with van der Waals surface area (Å²) in [5, 5.41) is 4.70. The largest absolute Gasteiger partial charge is 0.673 e. The predicted octanol–water partition coefficient (Wildman–Crippen LogP) is 3.99. The number of rotatable bonds is 3. The van der Waals surface area contributed by atoms with Crippen LogP contribution in [0.2, 0.25) is 0 Å². The van der Waals surface area contributed by atoms with Crippen LogP contribution in [0.15, 0.2) is 36.7 Å². The predicted molar refractivity (Wildman–Crippen MR) is 80.8 cm³/mol. The maximum atomic E-state index is 9.75. The molecule has 8 heteroatoms. The van der Waals surface area contributed by atoms with Gasteiger partial charge in [0.1, 0.15) is 6.04 Å². The number of aromatic nitrogens is 3. The molecule has 0 saturated carbocycles. The fraction of sp³-hybridized carbons (Fsp3) is 0.467. The van der Waals surface area contributed by atoms with Crippen LogP contribution in [-0.2, 0) is 6.42 Å². The van der Waals surface area contributed by atoms with Gasteiger partial charge in [-0.15, -0.1) is 4.68 Å². The molecule has 1 aromatic heterocycles. The van der Waals surface area contributed by atoms with E-state index in [2.05, 4.69) is 49.0 Å². The normalized spacial score (nSPS) is 16.9. The summed E-state index contributed by atoms with van der Waals surface area (Å²) in [6.07, 6.45) is 5.76. The van der Waals surface area contributed by atoms with Gasteiger partial charge in [0.25, 0.3) is 6.33 Å². The van der Waals surface area contributed by atoms with Crippen molar-refractivity contribution in [1.82, 2.24) is 9.67 Å². The zero-order valence-electron chi connectivity index (χ0n) is 13.2. The Morgan fingerprint density at radius 2 is 1.83 bits per heavy atom. The number of nitrogens with zero attached hydrogens (tertiary/aromatic N) is 3. The lowest BCUT2D eigenvalue weighted by atomic mass is 10.0. The van der Waals surface area contributed by atoms with E-state index in [4.69, 9.17) is 5.10 Å². The zero-order chi connectivity index (χ0) is 17.0. The van der Waals surface area contributed by atoms with E-state index < -0.39 is 7.25 Å². The van der Waals surface area contributed by atoms with Gasteiger partial charge in [0.2, 0.25) is 5.82 Å². The van der Waals surface area contributed by atoms with Crippen molar-refractivity contribution in [3.05, 3.63) is 42.5 Å². The zero-order valence-corrected chi connectivity index (χ0v) is 13.2. The topological polar surface area (TPSA) is 21.7 Å². The quantitative estimate of drug-likeness (QED) is 0.474. The molecule has 0 fully saturated rings. The molecule has 126 valence electrons. The van der Waals surface area contributed by atoms with Gasteiger partial charge in [-0.3, -0.25) is 0 Å². The Labute approximate surface area is 133 Å². The van der Waals surface area contributed by atoms with E-state index in [1.165, 1.54) is 18.7 Å². The molecular weight excluding hydrogens is 309 g/mol. The van der Waals surface area contributed by atoms with E-state index in [9.17, 15) is 17.3 Å². The first-order valence-corrected chi connectivity index (χ1v) is 7.66. The summed E-state index contributed by atoms with van der Waals surface area (Å²) in [6, 6.07) is 11.0. The Morgan fingerprint density at radius 1 is 1.22 bits per heavy atom. The van der Waals surface area contributed by atoms with Crippen molar-refractivity contribution in [2.24, 2.45) is 5.92 Å². The lowest BCUT2D eigenvalue weighted by Gasteiger charge is -2.09. The van der Waals surface area contributed by atoms with Crippen molar-refractivity contribution in [3.63, 3.8) is 0 Å². The summed E-state index contributed by atoms with van der Waals surface area (Å²) in [5.74, 6) is 1.97. The number of aryl methyl sites for hydroxylation is 1. The number of benzene rings is 1. The summed E-state index contributed by atoms with van der Waals surface area (Å²) < 4.78 is 43.4. The monoisotopic (exact) mass is 329 g/mol. The first kappa shape index (κ1) is 17.5. The molecule has 2 aromatic rings. The summed E-state index contributed by atoms with van der Waals surface area (Å²) in [5.41, 5.74) is 1.14. The van der Waals surface area contributed by atoms with E-state index in [1.54, 1.807) is 0 Å². The Kier molecular flexibility index (Phi) is 5.44. The second-order valence-corrected chi connectivity index (χ2v) is 6.04. The van der Waals surface area contributed by atoms with E-state index in [0.717, 1.165) is 18.0 Å². The first-order valence-electron chi connectivity index (χ1n) is 7.66. The lowest BCUT2D eigenvalue weighted by molar-refractivity contribution is -0.658. The first-order chi connectivity index (χ1) is 10.7. The Balaban J connectivity index is 0.000000338. The molecule has 1 aromatic carbocycles. The molecule has 0 aliphatic carbocycles. The van der Waals surface area contributed by atoms with Crippen LogP contribution in [0.5, 0.6) is 0 Å². The minimum absolute atomic E-state index is 0.637. The van der Waals surface area contributed by atoms with Gasteiger partial charge in [-0.2, -0.15) is 0 Å². The van der Waals surface area contributed by atoms with Crippen LogP contribution < -0.4 is 4.68 Å². The van der Waals surface area contributed by atoms with Gasteiger partial charge in [-0.05, 0) is 36.0 Å². The molecule has 0 saturated heterocycles. The fourth-order valence-electron chi connectivity index (χ4n) is 2.79. The summed E-state index contributed by atoms with van der Waals surface area (Å²) in [4.78, 5) is 0. The maximum absolute atomic E-state index is 9.75. The van der Waals surface area contributed by atoms with Crippen molar-refractivity contribution in [2.45, 2.75) is 39.2 Å². The minimum Gasteiger partial charge on any atom is -0.418 e. The maximum Gasteiger partial charge on any atom is 0.673 e. The highest BCUT2D eigenvalue weighted by Gasteiger charge is 2.31. The standard InChI is InChI=1S/C15H20N3.BF4/c1-12(2)10-14-8-9-15-16-18(11-17(14)15)13-6-4-3-5-7-13;2-1(3,4)5/h3-7,11-12,14H,8-10H2,1-2H3;/q+1;-1/t14-;/m1./s1. The molecule has 23 heavy (non-hydrogen) atoms. The number of para-hydroxylation sites is 1. The van der Waals surface area contributed by atoms with Gasteiger partial charge in [0, 0.05) is 6.42 Å². The highest BCUT2D eigenvalue weighted by molar-refractivity contribution is 6.50. The van der Waals surface area contributed by atoms with Crippen LogP contribution in [0, 0.1) is 5.92 Å². The lowest BCUT2D eigenvalue weighted by Crippen LogP contribution is -2.32. The Morgan fingerprint density at radius 3 is 2.39 bits per heavy atom. The molecule has 1 atom stereocenters. The van der Waals surface area contributed by atoms with Crippen LogP contribution in [-0.4, -0.2) is 16.9 Å².